The fraction of sp³-hybridized carbons (Fsp3) is 0.429. The quantitative estimate of drug-likeness (QED) is 0.735. The van der Waals surface area contributed by atoms with Crippen LogP contribution >= 0.6 is 0 Å². The molecule has 0 aromatic heterocycles. The Hall–Kier alpha value is -2.04. The molecule has 19 heavy (non-hydrogen) atoms. The zero-order chi connectivity index (χ0) is 14.3. The smallest absolute Gasteiger partial charge is 0.325 e. The second-order valence-electron chi connectivity index (χ2n) is 4.56. The number of nitrogens with one attached hydrogen (secondary N) is 2. The predicted octanol–water partition coefficient (Wildman–Crippen LogP) is 1.95. The molecule has 5 nitrogen and oxygen atoms in total. The average Bonchev–Trinajstić information content (AvgIpc) is 2.39. The van der Waals surface area contributed by atoms with Gasteiger partial charge in [-0.05, 0) is 24.8 Å². The number of carboxylic acid groups (broad SMARTS) is 1. The summed E-state index contributed by atoms with van der Waals surface area (Å²) in [6, 6.07) is 8.71. The van der Waals surface area contributed by atoms with E-state index in [4.69, 9.17) is 5.11 Å². The van der Waals surface area contributed by atoms with E-state index in [0.29, 0.717) is 12.5 Å². The van der Waals surface area contributed by atoms with E-state index in [0.717, 1.165) is 6.42 Å². The van der Waals surface area contributed by atoms with Crippen LogP contribution in [0, 0.1) is 0 Å². The molecule has 0 aliphatic heterocycles. The van der Waals surface area contributed by atoms with Crippen LogP contribution in [-0.2, 0) is 4.79 Å². The Bertz CT molecular complexity index is 420. The molecule has 0 aliphatic carbocycles. The molecule has 0 aliphatic rings. The third-order valence-electron chi connectivity index (χ3n) is 2.95. The van der Waals surface area contributed by atoms with E-state index in [1.165, 1.54) is 12.5 Å². The van der Waals surface area contributed by atoms with Gasteiger partial charge in [-0.1, -0.05) is 37.3 Å². The average molecular weight is 264 g/mol. The van der Waals surface area contributed by atoms with Gasteiger partial charge in [0.05, 0.1) is 0 Å². The number of carboxylic acids is 1. The number of hydrogen-bond donors (Lipinski definition) is 3. The number of rotatable bonds is 6. The third-order valence-corrected chi connectivity index (χ3v) is 2.95. The molecule has 0 bridgehead atoms. The number of carbonyl (C=O) groups is 2. The van der Waals surface area contributed by atoms with Crippen molar-refractivity contribution in [1.82, 2.24) is 10.6 Å². The lowest BCUT2D eigenvalue weighted by atomic mass is 9.98. The molecule has 0 fully saturated rings. The van der Waals surface area contributed by atoms with Crippen molar-refractivity contribution >= 4 is 12.0 Å². The van der Waals surface area contributed by atoms with Crippen LogP contribution in [0.2, 0.25) is 0 Å². The molecule has 2 atom stereocenters. The van der Waals surface area contributed by atoms with Crippen LogP contribution in [0.3, 0.4) is 0 Å². The van der Waals surface area contributed by atoms with Crippen molar-refractivity contribution in [3.8, 4) is 0 Å². The Balaban J connectivity index is 2.27. The molecule has 0 radical (unpaired) electrons. The van der Waals surface area contributed by atoms with Gasteiger partial charge in [0.25, 0.3) is 0 Å². The molecule has 0 saturated carbocycles. The summed E-state index contributed by atoms with van der Waals surface area (Å²) in [4.78, 5) is 21.9. The second-order valence-corrected chi connectivity index (χ2v) is 4.56. The summed E-state index contributed by atoms with van der Waals surface area (Å²) in [5, 5.41) is 13.6. The van der Waals surface area contributed by atoms with Crippen molar-refractivity contribution in [1.29, 1.82) is 0 Å². The van der Waals surface area contributed by atoms with Crippen molar-refractivity contribution in [3.05, 3.63) is 35.9 Å². The fourth-order valence-corrected chi connectivity index (χ4v) is 1.66. The predicted molar refractivity (Wildman–Crippen MR) is 73.1 cm³/mol. The molecule has 1 aromatic carbocycles. The molecular formula is C14H20N2O3. The van der Waals surface area contributed by atoms with Crippen LogP contribution in [0.5, 0.6) is 0 Å². The number of benzene rings is 1. The number of urea groups is 1. The molecule has 0 saturated heterocycles. The Kier molecular flexibility index (Phi) is 5.85. The molecule has 2 amide bonds. The van der Waals surface area contributed by atoms with Gasteiger partial charge in [-0.3, -0.25) is 4.79 Å². The van der Waals surface area contributed by atoms with Crippen LogP contribution in [-0.4, -0.2) is 29.7 Å². The van der Waals surface area contributed by atoms with E-state index in [-0.39, 0.29) is 0 Å². The highest BCUT2D eigenvalue weighted by Crippen LogP contribution is 2.17. The molecular weight excluding hydrogens is 244 g/mol. The molecule has 0 spiro atoms. The first-order valence-corrected chi connectivity index (χ1v) is 6.33. The highest BCUT2D eigenvalue weighted by molar-refractivity contribution is 5.82. The van der Waals surface area contributed by atoms with Crippen LogP contribution in [0.1, 0.15) is 31.7 Å². The number of hydrogen-bond acceptors (Lipinski definition) is 2. The van der Waals surface area contributed by atoms with Crippen molar-refractivity contribution < 1.29 is 14.7 Å². The minimum absolute atomic E-state index is 0.346. The highest BCUT2D eigenvalue weighted by Gasteiger charge is 2.13. The Morgan fingerprint density at radius 1 is 1.21 bits per heavy atom. The van der Waals surface area contributed by atoms with E-state index < -0.39 is 18.0 Å². The topological polar surface area (TPSA) is 78.4 Å². The molecule has 104 valence electrons. The van der Waals surface area contributed by atoms with E-state index >= 15 is 0 Å². The minimum Gasteiger partial charge on any atom is -0.480 e. The number of carbonyl (C=O) groups excluding carboxylic acids is 1. The molecule has 1 aromatic rings. The first-order valence-electron chi connectivity index (χ1n) is 6.33. The van der Waals surface area contributed by atoms with Gasteiger partial charge in [0.1, 0.15) is 6.04 Å². The monoisotopic (exact) mass is 264 g/mol. The van der Waals surface area contributed by atoms with Crippen molar-refractivity contribution in [2.75, 3.05) is 6.54 Å². The summed E-state index contributed by atoms with van der Waals surface area (Å²) in [5.74, 6) is -0.703. The number of amides is 2. The van der Waals surface area contributed by atoms with Crippen LogP contribution in [0.15, 0.2) is 30.3 Å². The van der Waals surface area contributed by atoms with E-state index in [2.05, 4.69) is 29.7 Å². The third kappa shape index (κ3) is 5.42. The second kappa shape index (κ2) is 7.41. The highest BCUT2D eigenvalue weighted by atomic mass is 16.4. The summed E-state index contributed by atoms with van der Waals surface area (Å²) < 4.78 is 0. The van der Waals surface area contributed by atoms with Crippen molar-refractivity contribution in [3.63, 3.8) is 0 Å². The Morgan fingerprint density at radius 3 is 2.42 bits per heavy atom. The van der Waals surface area contributed by atoms with Gasteiger partial charge < -0.3 is 15.7 Å². The maximum absolute atomic E-state index is 11.4. The zero-order valence-corrected chi connectivity index (χ0v) is 11.2. The van der Waals surface area contributed by atoms with Gasteiger partial charge in [-0.15, -0.1) is 0 Å². The van der Waals surface area contributed by atoms with E-state index in [1.54, 1.807) is 0 Å². The molecule has 1 unspecified atom stereocenters. The van der Waals surface area contributed by atoms with Gasteiger partial charge in [0.15, 0.2) is 0 Å². The Morgan fingerprint density at radius 2 is 1.84 bits per heavy atom. The molecule has 3 N–H and O–H groups in total. The molecule has 1 rings (SSSR count). The lowest BCUT2D eigenvalue weighted by molar-refractivity contribution is -0.138. The normalized spacial score (nSPS) is 13.4. The standard InChI is InChI=1S/C14H20N2O3/c1-10(12-6-4-3-5-7-12)8-9-15-14(19)16-11(2)13(17)18/h3-7,10-11H,8-9H2,1-2H3,(H,17,18)(H2,15,16,19)/t10?,11-/m0/s1. The zero-order valence-electron chi connectivity index (χ0n) is 11.2. The molecule has 0 heterocycles. The summed E-state index contributed by atoms with van der Waals surface area (Å²) in [6.07, 6.45) is 0.804. The first kappa shape index (κ1) is 15.0. The van der Waals surface area contributed by atoms with E-state index in [9.17, 15) is 9.59 Å². The van der Waals surface area contributed by atoms with Crippen LogP contribution < -0.4 is 10.6 Å². The maximum atomic E-state index is 11.4. The Labute approximate surface area is 113 Å². The van der Waals surface area contributed by atoms with Crippen molar-refractivity contribution in [2.45, 2.75) is 32.2 Å². The minimum atomic E-state index is -1.05. The molecule has 5 heteroatoms. The van der Waals surface area contributed by atoms with Gasteiger partial charge in [0.2, 0.25) is 0 Å². The van der Waals surface area contributed by atoms with Gasteiger partial charge in [-0.2, -0.15) is 0 Å². The first-order chi connectivity index (χ1) is 9.00. The summed E-state index contributed by atoms with van der Waals surface area (Å²) in [5.41, 5.74) is 1.23. The summed E-state index contributed by atoms with van der Waals surface area (Å²) >= 11 is 0. The van der Waals surface area contributed by atoms with E-state index in [1.807, 2.05) is 18.2 Å². The van der Waals surface area contributed by atoms with Gasteiger partial charge in [0, 0.05) is 6.54 Å². The van der Waals surface area contributed by atoms with Crippen LogP contribution in [0.25, 0.3) is 0 Å². The lowest BCUT2D eigenvalue weighted by Crippen LogP contribution is -2.44. The lowest BCUT2D eigenvalue weighted by Gasteiger charge is -2.14. The fourth-order valence-electron chi connectivity index (χ4n) is 1.66. The van der Waals surface area contributed by atoms with Gasteiger partial charge >= 0.3 is 12.0 Å². The summed E-state index contributed by atoms with van der Waals surface area (Å²) in [6.45, 7) is 4.03. The maximum Gasteiger partial charge on any atom is 0.325 e. The summed E-state index contributed by atoms with van der Waals surface area (Å²) in [7, 11) is 0. The largest absolute Gasteiger partial charge is 0.480 e. The number of aliphatic carboxylic acids is 1. The van der Waals surface area contributed by atoms with Crippen LogP contribution in [0.4, 0.5) is 4.79 Å². The van der Waals surface area contributed by atoms with Gasteiger partial charge in [-0.25, -0.2) is 4.79 Å². The van der Waals surface area contributed by atoms with Crippen molar-refractivity contribution in [2.24, 2.45) is 0 Å². The SMILES string of the molecule is CC(CCNC(=O)N[C@@H](C)C(=O)O)c1ccccc1.